The van der Waals surface area contributed by atoms with E-state index in [4.69, 9.17) is 0 Å². The lowest BCUT2D eigenvalue weighted by Gasteiger charge is -2.32. The van der Waals surface area contributed by atoms with Gasteiger partial charge in [-0.1, -0.05) is 24.3 Å². The van der Waals surface area contributed by atoms with E-state index < -0.39 is 0 Å². The molecule has 1 amide bonds. The monoisotopic (exact) mass is 336 g/mol. The summed E-state index contributed by atoms with van der Waals surface area (Å²) >= 11 is 1.54. The molecule has 4 rings (SSSR count). The lowest BCUT2D eigenvalue weighted by Crippen LogP contribution is -2.39. The highest BCUT2D eigenvalue weighted by molar-refractivity contribution is 7.12. The van der Waals surface area contributed by atoms with Crippen LogP contribution < -0.4 is 0 Å². The van der Waals surface area contributed by atoms with E-state index in [1.807, 2.05) is 35.5 Å². The lowest BCUT2D eigenvalue weighted by atomic mass is 9.93. The van der Waals surface area contributed by atoms with Gasteiger partial charge in [-0.15, -0.1) is 11.3 Å². The van der Waals surface area contributed by atoms with E-state index >= 15 is 0 Å². The molecular weight excluding hydrogens is 316 g/mol. The first-order valence-corrected chi connectivity index (χ1v) is 9.28. The van der Waals surface area contributed by atoms with Gasteiger partial charge in [0, 0.05) is 36.3 Å². The molecule has 2 aromatic heterocycles. The highest BCUT2D eigenvalue weighted by Crippen LogP contribution is 2.29. The summed E-state index contributed by atoms with van der Waals surface area (Å²) in [5, 5.41) is 4.38. The number of amides is 1. The average molecular weight is 336 g/mol. The first-order valence-electron chi connectivity index (χ1n) is 8.40. The molecule has 0 aliphatic carbocycles. The molecule has 1 aromatic carbocycles. The molecule has 3 nitrogen and oxygen atoms in total. The zero-order valence-corrected chi connectivity index (χ0v) is 14.6. The molecule has 0 N–H and O–H groups in total. The van der Waals surface area contributed by atoms with Crippen LogP contribution in [0.2, 0.25) is 0 Å². The molecule has 122 valence electrons. The summed E-state index contributed by atoms with van der Waals surface area (Å²) in [7, 11) is 0. The van der Waals surface area contributed by atoms with Gasteiger partial charge in [0.15, 0.2) is 0 Å². The number of carbonyl (C=O) groups excluding carboxylic acids is 1. The molecule has 0 radical (unpaired) electrons. The van der Waals surface area contributed by atoms with Gasteiger partial charge in [-0.25, -0.2) is 0 Å². The second-order valence-electron chi connectivity index (χ2n) is 6.48. The first-order chi connectivity index (χ1) is 11.7. The standard InChI is InChI=1S/C20H20N2OS/c1-14-8-10-24-19(14)20(23)22-9-4-7-17(13-22)18-11-15-5-2-3-6-16(15)12-21-18/h2-3,5-6,8,10-12,17H,4,7,9,13H2,1H3. The van der Waals surface area contributed by atoms with Crippen LogP contribution in [0.25, 0.3) is 10.8 Å². The Hall–Kier alpha value is -2.20. The van der Waals surface area contributed by atoms with Crippen LogP contribution in [0.3, 0.4) is 0 Å². The predicted octanol–water partition coefficient (Wildman–Crippen LogP) is 4.62. The fraction of sp³-hybridized carbons (Fsp3) is 0.300. The van der Waals surface area contributed by atoms with Crippen molar-refractivity contribution < 1.29 is 4.79 Å². The van der Waals surface area contributed by atoms with Crippen molar-refractivity contribution in [2.45, 2.75) is 25.7 Å². The van der Waals surface area contributed by atoms with Gasteiger partial charge < -0.3 is 4.90 Å². The normalized spacial score (nSPS) is 18.0. The van der Waals surface area contributed by atoms with Gasteiger partial charge in [0.2, 0.25) is 0 Å². The Balaban J connectivity index is 1.57. The number of aromatic nitrogens is 1. The number of carbonyl (C=O) groups is 1. The Morgan fingerprint density at radius 1 is 1.25 bits per heavy atom. The maximum atomic E-state index is 12.8. The fourth-order valence-electron chi connectivity index (χ4n) is 3.46. The molecule has 4 heteroatoms. The molecule has 1 fully saturated rings. The van der Waals surface area contributed by atoms with Crippen LogP contribution in [0.4, 0.5) is 0 Å². The van der Waals surface area contributed by atoms with Crippen molar-refractivity contribution in [1.82, 2.24) is 9.88 Å². The molecule has 0 spiro atoms. The number of rotatable bonds is 2. The molecule has 0 saturated carbocycles. The van der Waals surface area contributed by atoms with Crippen molar-refractivity contribution in [3.8, 4) is 0 Å². The SMILES string of the molecule is Cc1ccsc1C(=O)N1CCCC(c2cc3ccccc3cn2)C1. The van der Waals surface area contributed by atoms with E-state index in [-0.39, 0.29) is 5.91 Å². The van der Waals surface area contributed by atoms with Crippen LogP contribution in [0, 0.1) is 6.92 Å². The predicted molar refractivity (Wildman–Crippen MR) is 98.7 cm³/mol. The second-order valence-corrected chi connectivity index (χ2v) is 7.40. The third-order valence-corrected chi connectivity index (χ3v) is 5.84. The van der Waals surface area contributed by atoms with Crippen LogP contribution in [0.15, 0.2) is 48.0 Å². The largest absolute Gasteiger partial charge is 0.337 e. The van der Waals surface area contributed by atoms with Crippen LogP contribution in [-0.2, 0) is 0 Å². The van der Waals surface area contributed by atoms with Gasteiger partial charge >= 0.3 is 0 Å². The number of fused-ring (bicyclic) bond motifs is 1. The van der Waals surface area contributed by atoms with Crippen LogP contribution in [0.5, 0.6) is 0 Å². The number of piperidine rings is 1. The van der Waals surface area contributed by atoms with Gasteiger partial charge in [0.25, 0.3) is 5.91 Å². The minimum atomic E-state index is 0.174. The molecule has 1 aliphatic heterocycles. The van der Waals surface area contributed by atoms with Crippen LogP contribution in [-0.4, -0.2) is 28.9 Å². The topological polar surface area (TPSA) is 33.2 Å². The Morgan fingerprint density at radius 2 is 2.08 bits per heavy atom. The Bertz CT molecular complexity index is 886. The van der Waals surface area contributed by atoms with E-state index in [0.29, 0.717) is 5.92 Å². The summed E-state index contributed by atoms with van der Waals surface area (Å²) in [5.41, 5.74) is 2.19. The summed E-state index contributed by atoms with van der Waals surface area (Å²) < 4.78 is 0. The van der Waals surface area contributed by atoms with Gasteiger partial charge in [0.1, 0.15) is 0 Å². The van der Waals surface area contributed by atoms with Crippen LogP contribution >= 0.6 is 11.3 Å². The van der Waals surface area contributed by atoms with E-state index in [1.165, 1.54) is 10.8 Å². The lowest BCUT2D eigenvalue weighted by molar-refractivity contribution is 0.0710. The summed E-state index contributed by atoms with van der Waals surface area (Å²) in [5.74, 6) is 0.501. The number of hydrogen-bond donors (Lipinski definition) is 0. The number of nitrogens with zero attached hydrogens (tertiary/aromatic N) is 2. The summed E-state index contributed by atoms with van der Waals surface area (Å²) in [6.07, 6.45) is 4.09. The highest BCUT2D eigenvalue weighted by atomic mass is 32.1. The average Bonchev–Trinajstić information content (AvgIpc) is 3.07. The zero-order chi connectivity index (χ0) is 16.5. The number of hydrogen-bond acceptors (Lipinski definition) is 3. The van der Waals surface area contributed by atoms with Crippen molar-refractivity contribution in [3.05, 3.63) is 64.1 Å². The van der Waals surface area contributed by atoms with Gasteiger partial charge in [-0.3, -0.25) is 9.78 Å². The molecular formula is C20H20N2OS. The molecule has 1 saturated heterocycles. The molecule has 1 atom stereocenters. The number of thiophene rings is 1. The zero-order valence-electron chi connectivity index (χ0n) is 13.7. The Kier molecular flexibility index (Phi) is 4.07. The van der Waals surface area contributed by atoms with Crippen molar-refractivity contribution in [3.63, 3.8) is 0 Å². The number of benzene rings is 1. The summed E-state index contributed by atoms with van der Waals surface area (Å²) in [6.45, 7) is 3.62. The van der Waals surface area contributed by atoms with E-state index in [1.54, 1.807) is 11.3 Å². The van der Waals surface area contributed by atoms with Crippen molar-refractivity contribution in [2.24, 2.45) is 0 Å². The maximum absolute atomic E-state index is 12.8. The molecule has 24 heavy (non-hydrogen) atoms. The second kappa shape index (κ2) is 6.36. The third kappa shape index (κ3) is 2.82. The quantitative estimate of drug-likeness (QED) is 0.684. The maximum Gasteiger partial charge on any atom is 0.264 e. The molecule has 0 bridgehead atoms. The smallest absolute Gasteiger partial charge is 0.264 e. The van der Waals surface area contributed by atoms with Crippen molar-refractivity contribution >= 4 is 28.0 Å². The Morgan fingerprint density at radius 3 is 2.88 bits per heavy atom. The first kappa shape index (κ1) is 15.3. The van der Waals surface area contributed by atoms with Crippen molar-refractivity contribution in [2.75, 3.05) is 13.1 Å². The molecule has 1 unspecified atom stereocenters. The molecule has 1 aliphatic rings. The third-order valence-electron chi connectivity index (χ3n) is 4.84. The minimum Gasteiger partial charge on any atom is -0.337 e. The Labute approximate surface area is 146 Å². The van der Waals surface area contributed by atoms with E-state index in [2.05, 4.69) is 29.2 Å². The van der Waals surface area contributed by atoms with Gasteiger partial charge in [-0.05, 0) is 48.2 Å². The highest BCUT2D eigenvalue weighted by Gasteiger charge is 2.27. The van der Waals surface area contributed by atoms with Gasteiger partial charge in [-0.2, -0.15) is 0 Å². The number of aryl methyl sites for hydroxylation is 1. The van der Waals surface area contributed by atoms with Gasteiger partial charge in [0.05, 0.1) is 4.88 Å². The summed E-state index contributed by atoms with van der Waals surface area (Å²) in [4.78, 5) is 20.3. The molecule has 3 aromatic rings. The van der Waals surface area contributed by atoms with E-state index in [0.717, 1.165) is 42.1 Å². The van der Waals surface area contributed by atoms with Crippen molar-refractivity contribution in [1.29, 1.82) is 0 Å². The number of pyridine rings is 1. The summed E-state index contributed by atoms with van der Waals surface area (Å²) in [6, 6.07) is 12.5. The fourth-order valence-corrected chi connectivity index (χ4v) is 4.35. The number of likely N-dealkylation sites (tertiary alicyclic amines) is 1. The molecule has 3 heterocycles. The minimum absolute atomic E-state index is 0.174. The van der Waals surface area contributed by atoms with E-state index in [9.17, 15) is 4.79 Å². The van der Waals surface area contributed by atoms with Crippen LogP contribution in [0.1, 0.15) is 39.7 Å².